The summed E-state index contributed by atoms with van der Waals surface area (Å²) in [6.45, 7) is 10.2. The van der Waals surface area contributed by atoms with E-state index in [0.29, 0.717) is 6.04 Å². The molecule has 0 heterocycles. The molecular formula is C17H33N3. The summed E-state index contributed by atoms with van der Waals surface area (Å²) in [5, 5.41) is 12.9. The van der Waals surface area contributed by atoms with Crippen molar-refractivity contribution in [1.82, 2.24) is 10.2 Å². The smallest absolute Gasteiger partial charge is 0.104 e. The van der Waals surface area contributed by atoms with Crippen molar-refractivity contribution in [3.8, 4) is 6.07 Å². The molecule has 1 unspecified atom stereocenters. The molecule has 0 aromatic rings. The fraction of sp³-hybridized carbons (Fsp3) is 0.941. The van der Waals surface area contributed by atoms with E-state index >= 15 is 0 Å². The standard InChI is InChI=1S/C17H33N3/c1-4-6-12-20(13-7-5-2)14-8-11-17(3,15-18)19-16-9-10-16/h16,19H,4-14H2,1-3H3. The van der Waals surface area contributed by atoms with Gasteiger partial charge in [0.2, 0.25) is 0 Å². The highest BCUT2D eigenvalue weighted by molar-refractivity contribution is 5.07. The second kappa shape index (κ2) is 9.37. The molecule has 0 aromatic heterocycles. The van der Waals surface area contributed by atoms with Gasteiger partial charge in [-0.15, -0.1) is 0 Å². The zero-order valence-corrected chi connectivity index (χ0v) is 13.7. The highest BCUT2D eigenvalue weighted by atomic mass is 15.1. The molecule has 116 valence electrons. The maximum atomic E-state index is 9.38. The van der Waals surface area contributed by atoms with Gasteiger partial charge in [0.25, 0.3) is 0 Å². The van der Waals surface area contributed by atoms with Crippen LogP contribution in [-0.2, 0) is 0 Å². The number of unbranched alkanes of at least 4 members (excludes halogenated alkanes) is 2. The van der Waals surface area contributed by atoms with Crippen molar-refractivity contribution in [2.24, 2.45) is 0 Å². The van der Waals surface area contributed by atoms with E-state index in [2.05, 4.69) is 37.1 Å². The normalized spacial score (nSPS) is 17.9. The van der Waals surface area contributed by atoms with Crippen molar-refractivity contribution in [2.75, 3.05) is 19.6 Å². The van der Waals surface area contributed by atoms with Crippen LogP contribution in [0.5, 0.6) is 0 Å². The van der Waals surface area contributed by atoms with Crippen molar-refractivity contribution in [1.29, 1.82) is 5.26 Å². The number of nitriles is 1. The highest BCUT2D eigenvalue weighted by Gasteiger charge is 2.32. The number of hydrogen-bond donors (Lipinski definition) is 1. The molecular weight excluding hydrogens is 246 g/mol. The van der Waals surface area contributed by atoms with Crippen molar-refractivity contribution in [3.63, 3.8) is 0 Å². The topological polar surface area (TPSA) is 39.1 Å². The van der Waals surface area contributed by atoms with Crippen molar-refractivity contribution in [2.45, 2.75) is 83.7 Å². The minimum Gasteiger partial charge on any atom is -0.303 e. The van der Waals surface area contributed by atoms with Gasteiger partial charge in [0, 0.05) is 6.04 Å². The van der Waals surface area contributed by atoms with Gasteiger partial charge in [-0.3, -0.25) is 5.32 Å². The number of hydrogen-bond acceptors (Lipinski definition) is 3. The summed E-state index contributed by atoms with van der Waals surface area (Å²) in [6.07, 6.45) is 9.70. The molecule has 1 aliphatic carbocycles. The van der Waals surface area contributed by atoms with Crippen molar-refractivity contribution < 1.29 is 0 Å². The zero-order chi connectivity index (χ0) is 14.8. The Balaban J connectivity index is 2.27. The number of rotatable bonds is 12. The fourth-order valence-corrected chi connectivity index (χ4v) is 2.59. The molecule has 1 atom stereocenters. The van der Waals surface area contributed by atoms with E-state index in [9.17, 15) is 5.26 Å². The molecule has 3 heteroatoms. The second-order valence-corrected chi connectivity index (χ2v) is 6.51. The van der Waals surface area contributed by atoms with Crippen LogP contribution in [0.4, 0.5) is 0 Å². The van der Waals surface area contributed by atoms with Crippen LogP contribution in [0, 0.1) is 11.3 Å². The molecule has 3 nitrogen and oxygen atoms in total. The van der Waals surface area contributed by atoms with Gasteiger partial charge < -0.3 is 4.90 Å². The molecule has 1 saturated carbocycles. The summed E-state index contributed by atoms with van der Waals surface area (Å²) in [5.41, 5.74) is -0.317. The van der Waals surface area contributed by atoms with Gasteiger partial charge in [0.15, 0.2) is 0 Å². The third-order valence-corrected chi connectivity index (χ3v) is 4.15. The lowest BCUT2D eigenvalue weighted by atomic mass is 9.97. The van der Waals surface area contributed by atoms with Crippen LogP contribution in [0.25, 0.3) is 0 Å². The van der Waals surface area contributed by atoms with E-state index in [0.717, 1.165) is 19.4 Å². The van der Waals surface area contributed by atoms with Crippen LogP contribution in [0.1, 0.15) is 72.1 Å². The lowest BCUT2D eigenvalue weighted by Crippen LogP contribution is -2.43. The maximum Gasteiger partial charge on any atom is 0.104 e. The van der Waals surface area contributed by atoms with E-state index in [-0.39, 0.29) is 5.54 Å². The molecule has 1 fully saturated rings. The second-order valence-electron chi connectivity index (χ2n) is 6.51. The van der Waals surface area contributed by atoms with Gasteiger partial charge >= 0.3 is 0 Å². The Kier molecular flexibility index (Phi) is 8.18. The van der Waals surface area contributed by atoms with Crippen LogP contribution in [0.3, 0.4) is 0 Å². The first-order valence-electron chi connectivity index (χ1n) is 8.55. The lowest BCUT2D eigenvalue weighted by molar-refractivity contribution is 0.249. The van der Waals surface area contributed by atoms with E-state index in [4.69, 9.17) is 0 Å². The van der Waals surface area contributed by atoms with Crippen molar-refractivity contribution in [3.05, 3.63) is 0 Å². The van der Waals surface area contributed by atoms with Gasteiger partial charge in [-0.2, -0.15) is 5.26 Å². The monoisotopic (exact) mass is 279 g/mol. The first-order valence-corrected chi connectivity index (χ1v) is 8.55. The third-order valence-electron chi connectivity index (χ3n) is 4.15. The highest BCUT2D eigenvalue weighted by Crippen LogP contribution is 2.24. The Labute approximate surface area is 125 Å². The summed E-state index contributed by atoms with van der Waals surface area (Å²) in [5.74, 6) is 0. The Morgan fingerprint density at radius 1 is 1.10 bits per heavy atom. The Morgan fingerprint density at radius 3 is 2.10 bits per heavy atom. The molecule has 1 rings (SSSR count). The summed E-state index contributed by atoms with van der Waals surface area (Å²) in [6, 6.07) is 3.09. The summed E-state index contributed by atoms with van der Waals surface area (Å²) in [4.78, 5) is 2.59. The van der Waals surface area contributed by atoms with Crippen LogP contribution in [-0.4, -0.2) is 36.1 Å². The molecule has 1 aliphatic rings. The first kappa shape index (κ1) is 17.5. The molecule has 0 aromatic carbocycles. The molecule has 20 heavy (non-hydrogen) atoms. The van der Waals surface area contributed by atoms with Crippen LogP contribution in [0.15, 0.2) is 0 Å². The van der Waals surface area contributed by atoms with E-state index in [1.165, 1.54) is 51.6 Å². The molecule has 0 radical (unpaired) electrons. The largest absolute Gasteiger partial charge is 0.303 e. The zero-order valence-electron chi connectivity index (χ0n) is 13.7. The quantitative estimate of drug-likeness (QED) is 0.592. The Hall–Kier alpha value is -0.590. The number of nitrogens with one attached hydrogen (secondary N) is 1. The Bertz CT molecular complexity index is 285. The summed E-state index contributed by atoms with van der Waals surface area (Å²) >= 11 is 0. The molecule has 0 spiro atoms. The van der Waals surface area contributed by atoms with E-state index < -0.39 is 0 Å². The van der Waals surface area contributed by atoms with Gasteiger partial charge in [-0.05, 0) is 65.1 Å². The molecule has 0 saturated heterocycles. The maximum absolute atomic E-state index is 9.38. The summed E-state index contributed by atoms with van der Waals surface area (Å²) < 4.78 is 0. The molecule has 0 aliphatic heterocycles. The minimum absolute atomic E-state index is 0.317. The first-order chi connectivity index (χ1) is 9.63. The SMILES string of the molecule is CCCCN(CCCC)CCCC(C)(C#N)NC1CC1. The average molecular weight is 279 g/mol. The minimum atomic E-state index is -0.317. The predicted molar refractivity (Wildman–Crippen MR) is 85.7 cm³/mol. The summed E-state index contributed by atoms with van der Waals surface area (Å²) in [7, 11) is 0. The van der Waals surface area contributed by atoms with Gasteiger partial charge in [0.1, 0.15) is 5.54 Å². The van der Waals surface area contributed by atoms with Crippen LogP contribution >= 0.6 is 0 Å². The molecule has 1 N–H and O–H groups in total. The van der Waals surface area contributed by atoms with Gasteiger partial charge in [-0.1, -0.05) is 26.7 Å². The Morgan fingerprint density at radius 2 is 1.65 bits per heavy atom. The fourth-order valence-electron chi connectivity index (χ4n) is 2.59. The van der Waals surface area contributed by atoms with Crippen molar-refractivity contribution >= 4 is 0 Å². The van der Waals surface area contributed by atoms with E-state index in [1.54, 1.807) is 0 Å². The van der Waals surface area contributed by atoms with Gasteiger partial charge in [0.05, 0.1) is 6.07 Å². The molecule has 0 amide bonds. The third kappa shape index (κ3) is 7.26. The van der Waals surface area contributed by atoms with E-state index in [1.807, 2.05) is 0 Å². The predicted octanol–water partition coefficient (Wildman–Crippen LogP) is 3.70. The lowest BCUT2D eigenvalue weighted by Gasteiger charge is -2.26. The average Bonchev–Trinajstić information content (AvgIpc) is 3.25. The number of nitrogens with zero attached hydrogens (tertiary/aromatic N) is 2. The van der Waals surface area contributed by atoms with Crippen LogP contribution in [0.2, 0.25) is 0 Å². The molecule has 0 bridgehead atoms. The van der Waals surface area contributed by atoms with Gasteiger partial charge in [-0.25, -0.2) is 0 Å². The van der Waals surface area contributed by atoms with Crippen LogP contribution < -0.4 is 5.32 Å².